The van der Waals surface area contributed by atoms with Crippen molar-refractivity contribution in [1.29, 1.82) is 0 Å². The van der Waals surface area contributed by atoms with Gasteiger partial charge in [-0.1, -0.05) is 156 Å². The summed E-state index contributed by atoms with van der Waals surface area (Å²) < 4.78 is 0. The topological polar surface area (TPSA) is 9.72 Å². The highest BCUT2D eigenvalue weighted by Gasteiger charge is 2.17. The zero-order valence-corrected chi connectivity index (χ0v) is 44.2. The molecule has 0 bridgehead atoms. The third-order valence-electron chi connectivity index (χ3n) is 12.2. The number of anilines is 8. The minimum Gasteiger partial charge on any atom is -0.315 e. The van der Waals surface area contributed by atoms with E-state index in [2.05, 4.69) is 313 Å². The molecule has 0 saturated carbocycles. The molecule has 0 aliphatic rings. The van der Waals surface area contributed by atoms with Crippen molar-refractivity contribution in [3.8, 4) is 33.4 Å². The predicted octanol–water partition coefficient (Wildman–Crippen LogP) is 20.4. The van der Waals surface area contributed by atoms with Crippen LogP contribution in [0.3, 0.4) is 0 Å². The fourth-order valence-electron chi connectivity index (χ4n) is 9.03. The van der Waals surface area contributed by atoms with Gasteiger partial charge in [0.1, 0.15) is 0 Å². The Morgan fingerprint density at radius 2 is 0.690 bits per heavy atom. The summed E-state index contributed by atoms with van der Waals surface area (Å²) in [5.74, 6) is 0. The Morgan fingerprint density at radius 3 is 1.04 bits per heavy atom. The second-order valence-corrected chi connectivity index (χ2v) is 17.3. The van der Waals surface area contributed by atoms with Crippen LogP contribution in [0.4, 0.5) is 45.5 Å². The van der Waals surface area contributed by atoms with Crippen molar-refractivity contribution in [3.63, 3.8) is 0 Å². The van der Waals surface area contributed by atoms with Crippen LogP contribution in [-0.2, 0) is 0 Å². The van der Waals surface area contributed by atoms with Crippen LogP contribution in [0.25, 0.3) is 33.4 Å². The first-order valence-electron chi connectivity index (χ1n) is 24.6. The molecule has 0 heterocycles. The normalized spacial score (nSPS) is 11.1. The minimum absolute atomic E-state index is 1.00. The number of allylic oxidation sites excluding steroid dienone is 4. The zero-order chi connectivity index (χ0) is 50.1. The Balaban J connectivity index is 0.00000181. The van der Waals surface area contributed by atoms with Gasteiger partial charge in [0.15, 0.2) is 0 Å². The fraction of sp³-hybridized carbons (Fsp3) is 0.121. The summed E-state index contributed by atoms with van der Waals surface area (Å²) in [6.07, 6.45) is 5.55. The molecule has 356 valence electrons. The van der Waals surface area contributed by atoms with Gasteiger partial charge in [-0.15, -0.1) is 0 Å². The smallest absolute Gasteiger partial charge is 0.0464 e. The molecule has 3 nitrogen and oxygen atoms in total. The Kier molecular flexibility index (Phi) is 18.5. The maximum atomic E-state index is 3.44. The monoisotopic (exact) mass is 963 g/mol. The Morgan fingerprint density at radius 1 is 0.380 bits per heavy atom. The van der Waals surface area contributed by atoms with E-state index in [-0.39, 0.29) is 0 Å². The maximum Gasteiger partial charge on any atom is 0.0464 e. The predicted molar refractivity (Wildman–Crippen MR) is 318 cm³/mol. The lowest BCUT2D eigenvalue weighted by Gasteiger charge is -2.26. The zero-order valence-electron chi connectivity index (χ0n) is 42.2. The number of hydrogen-bond acceptors (Lipinski definition) is 4. The molecule has 0 aromatic heterocycles. The van der Waals surface area contributed by atoms with Crippen molar-refractivity contribution < 1.29 is 0 Å². The first-order valence-corrected chi connectivity index (χ1v) is 26.6. The summed E-state index contributed by atoms with van der Waals surface area (Å²) in [5.41, 5.74) is 20.8. The van der Waals surface area contributed by atoms with Gasteiger partial charge in [-0.3, -0.25) is 0 Å². The van der Waals surface area contributed by atoms with Crippen LogP contribution in [0.2, 0.25) is 0 Å². The van der Waals surface area contributed by atoms with Crippen LogP contribution in [-0.4, -0.2) is 0 Å². The highest BCUT2D eigenvalue weighted by Crippen LogP contribution is 2.41. The van der Waals surface area contributed by atoms with Gasteiger partial charge in [0, 0.05) is 51.2 Å². The molecule has 0 saturated heterocycles. The summed E-state index contributed by atoms with van der Waals surface area (Å²) in [7, 11) is 2.11. The first-order chi connectivity index (χ1) is 34.8. The van der Waals surface area contributed by atoms with Gasteiger partial charge in [-0.2, -0.15) is 12.2 Å². The van der Waals surface area contributed by atoms with Crippen LogP contribution >= 0.6 is 20.7 Å². The van der Waals surface area contributed by atoms with E-state index in [1.165, 1.54) is 22.4 Å². The molecule has 0 amide bonds. The SMILES string of the molecule is CC.CC/C=C(C)\C=C(/C)N(c1ccccc1)c1ccc(-c2cc(-c3ccc(N(c4ccccc4)c4cccc(C)c4)cc3)cc(-c3ccc(N(c4ccccc4)c4cccc(C)c4)cc3)c2)cc1.PS. The number of aryl methyl sites for hydroxylation is 2. The second-order valence-electron chi connectivity index (χ2n) is 17.3. The Bertz CT molecular complexity index is 2980. The molecular formula is C66H66N3PS. The highest BCUT2D eigenvalue weighted by atomic mass is 32.7. The summed E-state index contributed by atoms with van der Waals surface area (Å²) in [6.45, 7) is 14.9. The molecule has 0 radical (unpaired) electrons. The van der Waals surface area contributed by atoms with Gasteiger partial charge in [0.05, 0.1) is 0 Å². The number of para-hydroxylation sites is 3. The largest absolute Gasteiger partial charge is 0.315 e. The quantitative estimate of drug-likeness (QED) is 0.0661. The maximum absolute atomic E-state index is 3.44. The van der Waals surface area contributed by atoms with E-state index < -0.39 is 0 Å². The second kappa shape index (κ2) is 25.5. The van der Waals surface area contributed by atoms with Gasteiger partial charge < -0.3 is 14.7 Å². The van der Waals surface area contributed by atoms with E-state index in [0.29, 0.717) is 0 Å². The highest BCUT2D eigenvalue weighted by molar-refractivity contribution is 8.31. The number of hydrogen-bond donors (Lipinski definition) is 1. The number of nitrogens with zero attached hydrogens (tertiary/aromatic N) is 3. The van der Waals surface area contributed by atoms with Crippen molar-refractivity contribution >= 4 is 66.2 Å². The van der Waals surface area contributed by atoms with Crippen LogP contribution in [0.1, 0.15) is 52.2 Å². The van der Waals surface area contributed by atoms with E-state index in [9.17, 15) is 0 Å². The van der Waals surface area contributed by atoms with Gasteiger partial charge in [-0.05, 0) is 200 Å². The Hall–Kier alpha value is -7.36. The lowest BCUT2D eigenvalue weighted by Crippen LogP contribution is -2.14. The first kappa shape index (κ1) is 51.5. The average Bonchev–Trinajstić information content (AvgIpc) is 3.41. The summed E-state index contributed by atoms with van der Waals surface area (Å²) >= 11 is 3.44. The molecule has 1 unspecified atom stereocenters. The van der Waals surface area contributed by atoms with Gasteiger partial charge in [-0.25, -0.2) is 0 Å². The lowest BCUT2D eigenvalue weighted by atomic mass is 9.93. The molecule has 0 aliphatic heterocycles. The summed E-state index contributed by atoms with van der Waals surface area (Å²) in [4.78, 5) is 7.00. The van der Waals surface area contributed by atoms with Crippen LogP contribution in [0, 0.1) is 13.8 Å². The number of thiol groups is 1. The van der Waals surface area contributed by atoms with Crippen molar-refractivity contribution in [2.75, 3.05) is 14.7 Å². The van der Waals surface area contributed by atoms with Gasteiger partial charge >= 0.3 is 0 Å². The van der Waals surface area contributed by atoms with Gasteiger partial charge in [0.2, 0.25) is 0 Å². The summed E-state index contributed by atoms with van der Waals surface area (Å²) in [6, 6.07) is 83.3. The molecule has 9 aromatic rings. The molecule has 71 heavy (non-hydrogen) atoms. The van der Waals surface area contributed by atoms with Crippen molar-refractivity contribution in [1.82, 2.24) is 0 Å². The standard InChI is InChI=1S/C64H57N3.C2H6.H3PS/c1-6-18-47(2)41-50(5)65(57-21-10-7-11-22-57)60-35-29-51(30-36-60)54-44-55(52-31-37-61(38-32-52)66(58-23-12-8-13-24-58)63-27-16-19-48(3)42-63)46-56(45-54)53-33-39-62(40-34-53)67(59-25-14-9-15-26-59)64-28-17-20-49(4)43-64;2*1-2/h7-46H,6H2,1-5H3;1-2H3;2H,1H2/b47-18-,50-41+;;. The van der Waals surface area contributed by atoms with Crippen LogP contribution in [0.5, 0.6) is 0 Å². The van der Waals surface area contributed by atoms with Crippen LogP contribution < -0.4 is 14.7 Å². The minimum atomic E-state index is 1.00. The molecule has 1 atom stereocenters. The third kappa shape index (κ3) is 12.9. The number of benzene rings is 9. The molecule has 9 rings (SSSR count). The van der Waals surface area contributed by atoms with Crippen molar-refractivity contribution in [2.45, 2.75) is 54.9 Å². The lowest BCUT2D eigenvalue weighted by molar-refractivity contribution is 1.14. The molecule has 0 spiro atoms. The average molecular weight is 964 g/mol. The Labute approximate surface area is 431 Å². The van der Waals surface area contributed by atoms with Crippen molar-refractivity contribution in [3.05, 3.63) is 265 Å². The molecule has 0 fully saturated rings. The van der Waals surface area contributed by atoms with Crippen LogP contribution in [0.15, 0.2) is 254 Å². The van der Waals surface area contributed by atoms with E-state index in [4.69, 9.17) is 0 Å². The molecule has 0 N–H and O–H groups in total. The van der Waals surface area contributed by atoms with E-state index >= 15 is 0 Å². The van der Waals surface area contributed by atoms with E-state index in [1.807, 2.05) is 13.8 Å². The molecule has 5 heteroatoms. The fourth-order valence-corrected chi connectivity index (χ4v) is 9.03. The van der Waals surface area contributed by atoms with Gasteiger partial charge in [0.25, 0.3) is 0 Å². The van der Waals surface area contributed by atoms with Crippen molar-refractivity contribution in [2.24, 2.45) is 0 Å². The molecular weight excluding hydrogens is 898 g/mol. The third-order valence-corrected chi connectivity index (χ3v) is 12.2. The van der Waals surface area contributed by atoms with E-state index in [1.54, 1.807) is 0 Å². The molecule has 9 aromatic carbocycles. The summed E-state index contributed by atoms with van der Waals surface area (Å²) in [5, 5.41) is 0. The molecule has 0 aliphatic carbocycles. The number of rotatable bonds is 14. The van der Waals surface area contributed by atoms with E-state index in [0.717, 1.165) is 85.3 Å².